The number of hydrogen-bond acceptors (Lipinski definition) is 2. The molecule has 0 saturated heterocycles. The third-order valence-corrected chi connectivity index (χ3v) is 3.05. The van der Waals surface area contributed by atoms with Crippen LogP contribution in [0.5, 0.6) is 0 Å². The lowest BCUT2D eigenvalue weighted by Crippen LogP contribution is -2.21. The van der Waals surface area contributed by atoms with Crippen molar-refractivity contribution in [3.8, 4) is 0 Å². The third kappa shape index (κ3) is 3.59. The molecule has 0 aliphatic rings. The summed E-state index contributed by atoms with van der Waals surface area (Å²) in [6, 6.07) is 10.5. The van der Waals surface area contributed by atoms with Crippen LogP contribution in [0.2, 0.25) is 0 Å². The predicted molar refractivity (Wildman–Crippen MR) is 69.8 cm³/mol. The molecule has 0 saturated carbocycles. The number of carboxylic acids is 1. The Morgan fingerprint density at radius 1 is 1.14 bits per heavy atom. The van der Waals surface area contributed by atoms with Crippen molar-refractivity contribution in [2.45, 2.75) is 18.5 Å². The van der Waals surface area contributed by atoms with Gasteiger partial charge in [-0.1, -0.05) is 30.3 Å². The van der Waals surface area contributed by atoms with Crippen LogP contribution < -0.4 is 0 Å². The lowest BCUT2D eigenvalue weighted by molar-refractivity contribution is -0.141. The van der Waals surface area contributed by atoms with Crippen LogP contribution in [0.15, 0.2) is 48.7 Å². The van der Waals surface area contributed by atoms with Gasteiger partial charge in [0.25, 0.3) is 0 Å². The van der Waals surface area contributed by atoms with Gasteiger partial charge < -0.3 is 5.11 Å². The quantitative estimate of drug-likeness (QED) is 0.939. The number of aromatic nitrogens is 1. The van der Waals surface area contributed by atoms with Crippen molar-refractivity contribution in [1.82, 2.24) is 4.98 Å². The average Bonchev–Trinajstić information content (AvgIpc) is 2.45. The van der Waals surface area contributed by atoms with Gasteiger partial charge in [0.15, 0.2) is 0 Å². The van der Waals surface area contributed by atoms with E-state index >= 15 is 0 Å². The molecule has 1 aromatic carbocycles. The molecule has 21 heavy (non-hydrogen) atoms. The van der Waals surface area contributed by atoms with Crippen LogP contribution in [-0.4, -0.2) is 16.1 Å². The number of rotatable bonds is 4. The van der Waals surface area contributed by atoms with Crippen LogP contribution in [0.25, 0.3) is 0 Å². The van der Waals surface area contributed by atoms with Gasteiger partial charge in [0.05, 0.1) is 11.3 Å². The van der Waals surface area contributed by atoms with Crippen LogP contribution in [-0.2, 0) is 17.4 Å². The average molecular weight is 295 g/mol. The Kier molecular flexibility index (Phi) is 4.26. The van der Waals surface area contributed by atoms with Crippen molar-refractivity contribution < 1.29 is 23.1 Å². The Balaban J connectivity index is 2.42. The number of halogens is 3. The summed E-state index contributed by atoms with van der Waals surface area (Å²) in [5.74, 6) is -2.67. The van der Waals surface area contributed by atoms with Crippen molar-refractivity contribution in [3.05, 3.63) is 65.5 Å². The highest BCUT2D eigenvalue weighted by molar-refractivity contribution is 5.76. The van der Waals surface area contributed by atoms with E-state index in [2.05, 4.69) is 4.98 Å². The molecule has 0 bridgehead atoms. The maximum absolute atomic E-state index is 13.0. The van der Waals surface area contributed by atoms with Gasteiger partial charge in [-0.15, -0.1) is 0 Å². The maximum Gasteiger partial charge on any atom is 0.418 e. The fraction of sp³-hybridized carbons (Fsp3) is 0.200. The summed E-state index contributed by atoms with van der Waals surface area (Å²) in [5.41, 5.74) is -0.821. The molecule has 0 aliphatic carbocycles. The first-order chi connectivity index (χ1) is 9.89. The molecule has 0 spiro atoms. The van der Waals surface area contributed by atoms with E-state index in [0.29, 0.717) is 5.56 Å². The van der Waals surface area contributed by atoms with Crippen LogP contribution in [0.4, 0.5) is 13.2 Å². The first-order valence-corrected chi connectivity index (χ1v) is 6.18. The van der Waals surface area contributed by atoms with Crippen molar-refractivity contribution >= 4 is 5.97 Å². The first-order valence-electron chi connectivity index (χ1n) is 6.18. The summed E-state index contributed by atoms with van der Waals surface area (Å²) in [5, 5.41) is 9.27. The van der Waals surface area contributed by atoms with E-state index in [1.807, 2.05) is 0 Å². The van der Waals surface area contributed by atoms with E-state index in [1.54, 1.807) is 30.3 Å². The van der Waals surface area contributed by atoms with E-state index in [9.17, 15) is 23.1 Å². The van der Waals surface area contributed by atoms with Gasteiger partial charge in [-0.2, -0.15) is 13.2 Å². The van der Waals surface area contributed by atoms with Gasteiger partial charge in [-0.3, -0.25) is 9.78 Å². The van der Waals surface area contributed by atoms with E-state index in [0.717, 1.165) is 12.1 Å². The molecule has 1 atom stereocenters. The topological polar surface area (TPSA) is 50.2 Å². The Bertz CT molecular complexity index is 626. The molecule has 0 fully saturated rings. The second-order valence-electron chi connectivity index (χ2n) is 4.51. The summed E-state index contributed by atoms with van der Waals surface area (Å²) < 4.78 is 38.9. The van der Waals surface area contributed by atoms with Gasteiger partial charge in [-0.25, -0.2) is 0 Å². The molecule has 1 aromatic heterocycles. The molecule has 1 heterocycles. The number of alkyl halides is 3. The van der Waals surface area contributed by atoms with Gasteiger partial charge >= 0.3 is 12.1 Å². The molecule has 6 heteroatoms. The molecule has 1 N–H and O–H groups in total. The monoisotopic (exact) mass is 295 g/mol. The molecule has 3 nitrogen and oxygen atoms in total. The fourth-order valence-electron chi connectivity index (χ4n) is 2.09. The fourth-order valence-corrected chi connectivity index (χ4v) is 2.09. The number of nitrogens with zero attached hydrogens (tertiary/aromatic N) is 1. The highest BCUT2D eigenvalue weighted by Crippen LogP contribution is 2.35. The summed E-state index contributed by atoms with van der Waals surface area (Å²) >= 11 is 0. The minimum atomic E-state index is -4.63. The third-order valence-electron chi connectivity index (χ3n) is 3.05. The zero-order valence-corrected chi connectivity index (χ0v) is 10.8. The number of carboxylic acid groups (broad SMARTS) is 1. The van der Waals surface area contributed by atoms with Crippen molar-refractivity contribution in [1.29, 1.82) is 0 Å². The second kappa shape index (κ2) is 5.95. The van der Waals surface area contributed by atoms with Crippen molar-refractivity contribution in [3.63, 3.8) is 0 Å². The summed E-state index contributed by atoms with van der Waals surface area (Å²) in [4.78, 5) is 15.0. The maximum atomic E-state index is 13.0. The normalized spacial score (nSPS) is 12.9. The molecular formula is C15H12F3NO2. The van der Waals surface area contributed by atoms with E-state index in [-0.39, 0.29) is 6.42 Å². The molecule has 0 radical (unpaired) electrons. The van der Waals surface area contributed by atoms with Gasteiger partial charge in [0, 0.05) is 6.20 Å². The highest BCUT2D eigenvalue weighted by Gasteiger charge is 2.37. The predicted octanol–water partition coefficient (Wildman–Crippen LogP) is 3.51. The van der Waals surface area contributed by atoms with Crippen molar-refractivity contribution in [2.75, 3.05) is 0 Å². The standard InChI is InChI=1S/C15H12F3NO2/c16-15(17,18)12-7-4-8-19-13(12)11(14(20)21)9-10-5-2-1-3-6-10/h1-8,11H,9H2,(H,20,21). The second-order valence-corrected chi connectivity index (χ2v) is 4.51. The minimum absolute atomic E-state index is 0.0454. The number of pyridine rings is 1. The number of benzene rings is 1. The Hall–Kier alpha value is -2.37. The molecule has 0 aliphatic heterocycles. The van der Waals surface area contributed by atoms with Crippen LogP contribution >= 0.6 is 0 Å². The number of hydrogen-bond donors (Lipinski definition) is 1. The van der Waals surface area contributed by atoms with Gasteiger partial charge in [-0.05, 0) is 24.1 Å². The zero-order chi connectivity index (χ0) is 15.5. The Morgan fingerprint density at radius 2 is 1.81 bits per heavy atom. The van der Waals surface area contributed by atoms with Crippen LogP contribution in [0, 0.1) is 0 Å². The number of carbonyl (C=O) groups is 1. The molecule has 0 amide bonds. The molecule has 110 valence electrons. The largest absolute Gasteiger partial charge is 0.481 e. The van der Waals surface area contributed by atoms with Gasteiger partial charge in [0.1, 0.15) is 5.92 Å². The number of aliphatic carboxylic acids is 1. The lowest BCUT2D eigenvalue weighted by Gasteiger charge is -2.17. The SMILES string of the molecule is O=C(O)C(Cc1ccccc1)c1ncccc1C(F)(F)F. The van der Waals surface area contributed by atoms with E-state index < -0.39 is 29.3 Å². The molecular weight excluding hydrogens is 283 g/mol. The first kappa shape index (κ1) is 15.0. The van der Waals surface area contributed by atoms with Gasteiger partial charge in [0.2, 0.25) is 0 Å². The summed E-state index contributed by atoms with van der Waals surface area (Å²) in [7, 11) is 0. The molecule has 1 unspecified atom stereocenters. The highest BCUT2D eigenvalue weighted by atomic mass is 19.4. The zero-order valence-electron chi connectivity index (χ0n) is 10.8. The smallest absolute Gasteiger partial charge is 0.418 e. The Morgan fingerprint density at radius 3 is 2.38 bits per heavy atom. The van der Waals surface area contributed by atoms with E-state index in [4.69, 9.17) is 0 Å². The van der Waals surface area contributed by atoms with Crippen molar-refractivity contribution in [2.24, 2.45) is 0 Å². The lowest BCUT2D eigenvalue weighted by atomic mass is 9.93. The minimum Gasteiger partial charge on any atom is -0.481 e. The Labute approximate surface area is 119 Å². The molecule has 2 aromatic rings. The summed E-state index contributed by atoms with van der Waals surface area (Å²) in [6.07, 6.45) is -3.50. The molecule has 2 rings (SSSR count). The van der Waals surface area contributed by atoms with E-state index in [1.165, 1.54) is 6.20 Å². The van der Waals surface area contributed by atoms with Crippen LogP contribution in [0.3, 0.4) is 0 Å². The van der Waals surface area contributed by atoms with Crippen LogP contribution in [0.1, 0.15) is 22.7 Å². The summed E-state index contributed by atoms with van der Waals surface area (Å²) in [6.45, 7) is 0.